The number of hydrogen-bond donors (Lipinski definition) is 0. The van der Waals surface area contributed by atoms with Crippen LogP contribution in [0.15, 0.2) is 12.7 Å². The number of likely N-dealkylation sites (N-methyl/N-ethyl adjacent to an activating group) is 1. The average Bonchev–Trinajstić information content (AvgIpc) is 2.99. The summed E-state index contributed by atoms with van der Waals surface area (Å²) in [4.78, 5) is 12.7. The summed E-state index contributed by atoms with van der Waals surface area (Å²) in [5.41, 5.74) is 0. The van der Waals surface area contributed by atoms with Gasteiger partial charge in [0.1, 0.15) is 6.10 Å². The van der Waals surface area contributed by atoms with Gasteiger partial charge in [0.25, 0.3) is 0 Å². The molecule has 1 heterocycles. The molecule has 4 heteroatoms. The summed E-state index contributed by atoms with van der Waals surface area (Å²) in [5, 5.41) is 0. The predicted octanol–water partition coefficient (Wildman–Crippen LogP) is 0.436. The van der Waals surface area contributed by atoms with E-state index in [-0.39, 0.29) is 5.91 Å². The van der Waals surface area contributed by atoms with Gasteiger partial charge >= 0.3 is 0 Å². The molecule has 0 spiro atoms. The van der Waals surface area contributed by atoms with Gasteiger partial charge in [-0.15, -0.1) is 0 Å². The number of nitrogens with zero attached hydrogens (tertiary/aromatic N) is 1. The Kier molecular flexibility index (Phi) is 4.62. The molecule has 0 saturated carbocycles. The third kappa shape index (κ3) is 4.39. The van der Waals surface area contributed by atoms with Gasteiger partial charge in [0, 0.05) is 20.2 Å². The van der Waals surface area contributed by atoms with Gasteiger partial charge in [-0.1, -0.05) is 6.58 Å². The fraction of sp³-hybridized carbons (Fsp3) is 0.700. The Bertz CT molecular complexity index is 202. The fourth-order valence-electron chi connectivity index (χ4n) is 1.05. The number of carbonyl (C=O) groups is 1. The zero-order chi connectivity index (χ0) is 10.4. The molecule has 0 bridgehead atoms. The first-order valence-electron chi connectivity index (χ1n) is 4.81. The van der Waals surface area contributed by atoms with Crippen molar-refractivity contribution >= 4 is 5.91 Å². The van der Waals surface area contributed by atoms with Crippen LogP contribution in [-0.2, 0) is 14.3 Å². The topological polar surface area (TPSA) is 42.1 Å². The Morgan fingerprint density at radius 1 is 1.79 bits per heavy atom. The monoisotopic (exact) mass is 199 g/mol. The standard InChI is InChI=1S/C10H17NO3/c1-3-10(12)11(2)5-4-6-13-7-9-8-14-9/h3,9H,1,4-8H2,2H3. The van der Waals surface area contributed by atoms with Gasteiger partial charge in [-0.3, -0.25) is 4.79 Å². The van der Waals surface area contributed by atoms with E-state index in [9.17, 15) is 4.79 Å². The van der Waals surface area contributed by atoms with Crippen molar-refractivity contribution in [3.8, 4) is 0 Å². The molecule has 0 aromatic heterocycles. The lowest BCUT2D eigenvalue weighted by Crippen LogP contribution is -2.26. The summed E-state index contributed by atoms with van der Waals surface area (Å²) in [6.07, 6.45) is 2.49. The highest BCUT2D eigenvalue weighted by atomic mass is 16.6. The highest BCUT2D eigenvalue weighted by Crippen LogP contribution is 2.08. The van der Waals surface area contributed by atoms with E-state index < -0.39 is 0 Å². The largest absolute Gasteiger partial charge is 0.379 e. The molecule has 14 heavy (non-hydrogen) atoms. The SMILES string of the molecule is C=CC(=O)N(C)CCCOCC1CO1. The second-order valence-electron chi connectivity index (χ2n) is 3.35. The number of carbonyl (C=O) groups excluding carboxylic acids is 1. The molecule has 0 aromatic carbocycles. The highest BCUT2D eigenvalue weighted by Gasteiger charge is 2.21. The van der Waals surface area contributed by atoms with Gasteiger partial charge in [-0.05, 0) is 12.5 Å². The maximum Gasteiger partial charge on any atom is 0.245 e. The van der Waals surface area contributed by atoms with E-state index in [1.807, 2.05) is 0 Å². The number of rotatable bonds is 7. The van der Waals surface area contributed by atoms with Crippen molar-refractivity contribution in [3.63, 3.8) is 0 Å². The van der Waals surface area contributed by atoms with Gasteiger partial charge in [-0.25, -0.2) is 0 Å². The summed E-state index contributed by atoms with van der Waals surface area (Å²) in [6, 6.07) is 0. The molecule has 0 radical (unpaired) electrons. The van der Waals surface area contributed by atoms with E-state index in [4.69, 9.17) is 9.47 Å². The van der Waals surface area contributed by atoms with Crippen molar-refractivity contribution in [2.24, 2.45) is 0 Å². The smallest absolute Gasteiger partial charge is 0.245 e. The minimum atomic E-state index is -0.0458. The Labute approximate surface area is 84.5 Å². The second kappa shape index (κ2) is 5.78. The summed E-state index contributed by atoms with van der Waals surface area (Å²) in [6.45, 7) is 6.31. The predicted molar refractivity (Wildman–Crippen MR) is 53.0 cm³/mol. The fourth-order valence-corrected chi connectivity index (χ4v) is 1.05. The minimum absolute atomic E-state index is 0.0458. The van der Waals surface area contributed by atoms with Crippen LogP contribution in [0.5, 0.6) is 0 Å². The van der Waals surface area contributed by atoms with Crippen molar-refractivity contribution in [3.05, 3.63) is 12.7 Å². The van der Waals surface area contributed by atoms with Crippen LogP contribution < -0.4 is 0 Å². The molecule has 4 nitrogen and oxygen atoms in total. The molecule has 1 fully saturated rings. The molecule has 1 aliphatic heterocycles. The third-order valence-corrected chi connectivity index (χ3v) is 2.04. The minimum Gasteiger partial charge on any atom is -0.379 e. The molecule has 1 aliphatic rings. The van der Waals surface area contributed by atoms with E-state index >= 15 is 0 Å². The van der Waals surface area contributed by atoms with Crippen molar-refractivity contribution in [1.82, 2.24) is 4.90 Å². The molecule has 0 aliphatic carbocycles. The van der Waals surface area contributed by atoms with E-state index in [2.05, 4.69) is 6.58 Å². The van der Waals surface area contributed by atoms with Crippen molar-refractivity contribution in [1.29, 1.82) is 0 Å². The van der Waals surface area contributed by atoms with Crippen LogP contribution in [0.3, 0.4) is 0 Å². The van der Waals surface area contributed by atoms with Crippen LogP contribution in [0, 0.1) is 0 Å². The molecule has 80 valence electrons. The van der Waals surface area contributed by atoms with Gasteiger partial charge in [0.15, 0.2) is 0 Å². The molecule has 1 amide bonds. The summed E-state index contributed by atoms with van der Waals surface area (Å²) < 4.78 is 10.3. The third-order valence-electron chi connectivity index (χ3n) is 2.04. The maximum atomic E-state index is 11.0. The van der Waals surface area contributed by atoms with E-state index in [0.29, 0.717) is 25.9 Å². The van der Waals surface area contributed by atoms with Crippen molar-refractivity contribution in [2.75, 3.05) is 33.4 Å². The van der Waals surface area contributed by atoms with Crippen LogP contribution in [-0.4, -0.2) is 50.3 Å². The van der Waals surface area contributed by atoms with Crippen LogP contribution in [0.2, 0.25) is 0 Å². The van der Waals surface area contributed by atoms with Crippen LogP contribution >= 0.6 is 0 Å². The second-order valence-corrected chi connectivity index (χ2v) is 3.35. The highest BCUT2D eigenvalue weighted by molar-refractivity contribution is 5.86. The van der Waals surface area contributed by atoms with Gasteiger partial charge in [0.2, 0.25) is 5.91 Å². The lowest BCUT2D eigenvalue weighted by Gasteiger charge is -2.14. The van der Waals surface area contributed by atoms with Crippen molar-refractivity contribution < 1.29 is 14.3 Å². The first kappa shape index (κ1) is 11.2. The maximum absolute atomic E-state index is 11.0. The Hall–Kier alpha value is -0.870. The van der Waals surface area contributed by atoms with Crippen LogP contribution in [0.1, 0.15) is 6.42 Å². The zero-order valence-corrected chi connectivity index (χ0v) is 8.57. The summed E-state index contributed by atoms with van der Waals surface area (Å²) in [7, 11) is 1.76. The molecule has 0 aromatic rings. The average molecular weight is 199 g/mol. The quantitative estimate of drug-likeness (QED) is 0.339. The molecule has 1 rings (SSSR count). The van der Waals surface area contributed by atoms with Gasteiger partial charge < -0.3 is 14.4 Å². The molecule has 0 N–H and O–H groups in total. The number of amides is 1. The lowest BCUT2D eigenvalue weighted by atomic mass is 10.4. The van der Waals surface area contributed by atoms with Crippen LogP contribution in [0.4, 0.5) is 0 Å². The molecule has 1 unspecified atom stereocenters. The molecular weight excluding hydrogens is 182 g/mol. The van der Waals surface area contributed by atoms with E-state index in [1.54, 1.807) is 11.9 Å². The Balaban J connectivity index is 1.91. The first-order valence-corrected chi connectivity index (χ1v) is 4.81. The summed E-state index contributed by atoms with van der Waals surface area (Å²) in [5.74, 6) is -0.0458. The summed E-state index contributed by atoms with van der Waals surface area (Å²) >= 11 is 0. The van der Waals surface area contributed by atoms with Crippen LogP contribution in [0.25, 0.3) is 0 Å². The molecule has 1 atom stereocenters. The Morgan fingerprint density at radius 2 is 2.50 bits per heavy atom. The zero-order valence-electron chi connectivity index (χ0n) is 8.57. The van der Waals surface area contributed by atoms with Gasteiger partial charge in [0.05, 0.1) is 13.2 Å². The molecule has 1 saturated heterocycles. The van der Waals surface area contributed by atoms with Gasteiger partial charge in [-0.2, -0.15) is 0 Å². The van der Waals surface area contributed by atoms with Crippen molar-refractivity contribution in [2.45, 2.75) is 12.5 Å². The normalized spacial score (nSPS) is 19.1. The number of hydrogen-bond acceptors (Lipinski definition) is 3. The number of epoxide rings is 1. The Morgan fingerprint density at radius 3 is 3.07 bits per heavy atom. The van der Waals surface area contributed by atoms with E-state index in [1.165, 1.54) is 6.08 Å². The molecular formula is C10H17NO3. The number of ether oxygens (including phenoxy) is 2. The lowest BCUT2D eigenvalue weighted by molar-refractivity contribution is -0.124. The first-order chi connectivity index (χ1) is 6.74. The van der Waals surface area contributed by atoms with E-state index in [0.717, 1.165) is 13.0 Å².